The van der Waals surface area contributed by atoms with Gasteiger partial charge in [0.05, 0.1) is 0 Å². The first-order valence-corrected chi connectivity index (χ1v) is 0. The predicted octanol–water partition coefficient (Wildman–Crippen LogP) is -9.37. The Morgan fingerprint density at radius 3 is 0.500 bits per heavy atom. The van der Waals surface area contributed by atoms with Crippen LogP contribution in [-0.2, 0) is 0 Å². The van der Waals surface area contributed by atoms with E-state index < -0.39 is 0 Å². The topological polar surface area (TPSA) is 0 Å². The summed E-state index contributed by atoms with van der Waals surface area (Å²) in [6, 6.07) is 0. The van der Waals surface area contributed by atoms with Crippen molar-refractivity contribution in [1.29, 1.82) is 0 Å². The van der Waals surface area contributed by atoms with Gasteiger partial charge < -0.3 is 8.41 Å². The second-order valence-electron chi connectivity index (χ2n) is 0. The van der Waals surface area contributed by atoms with Crippen LogP contribution in [0.15, 0.2) is 0 Å². The normalized spacial score (nSPS) is 0. The van der Waals surface area contributed by atoms with Crippen LogP contribution >= 0.6 is 0 Å². The first kappa shape index (κ1) is 40.1. The molecule has 0 heterocycles. The van der Waals surface area contributed by atoms with Crippen LogP contribution in [0.1, 0.15) is 0 Å². The van der Waals surface area contributed by atoms with E-state index in [1.807, 2.05) is 0 Å². The van der Waals surface area contributed by atoms with Crippen LogP contribution in [0, 0.1) is 0 Å². The van der Waals surface area contributed by atoms with Gasteiger partial charge in [-0.3, -0.25) is 0 Å². The molecule has 4 radical (unpaired) electrons. The standard InChI is InChI=1S/B.3Li/q-1;3*+1. The zero-order chi connectivity index (χ0) is 0. The predicted molar refractivity (Wildman–Crippen MR) is 5.75 cm³/mol. The van der Waals surface area contributed by atoms with Crippen molar-refractivity contribution < 1.29 is 56.6 Å². The Kier molecular flexibility index (Phi) is 210. The van der Waals surface area contributed by atoms with Crippen LogP contribution in [-0.4, -0.2) is 8.41 Å². The molecule has 0 aliphatic rings. The molecular formula is BLi3+2. The largest absolute Gasteiger partial charge is 1.00 e. The summed E-state index contributed by atoms with van der Waals surface area (Å²) in [6.45, 7) is 0. The quantitative estimate of drug-likeness (QED) is 0.232. The van der Waals surface area contributed by atoms with E-state index in [9.17, 15) is 0 Å². The first-order valence-electron chi connectivity index (χ1n) is 0. The summed E-state index contributed by atoms with van der Waals surface area (Å²) in [4.78, 5) is 0. The fourth-order valence-corrected chi connectivity index (χ4v) is 0. The number of hydrogen-bond donors (Lipinski definition) is 0. The minimum absolute atomic E-state index is 0. The van der Waals surface area contributed by atoms with Crippen molar-refractivity contribution in [2.24, 2.45) is 0 Å². The Labute approximate surface area is 64.6 Å². The molecule has 4 valence electrons. The van der Waals surface area contributed by atoms with Gasteiger partial charge in [-0.15, -0.1) is 0 Å². The molecular weight excluding hydrogens is 31.6 g/mol. The summed E-state index contributed by atoms with van der Waals surface area (Å²) < 4.78 is 0. The molecule has 0 aromatic carbocycles. The van der Waals surface area contributed by atoms with Gasteiger partial charge in [0.25, 0.3) is 0 Å². The van der Waals surface area contributed by atoms with Crippen molar-refractivity contribution in [2.75, 3.05) is 0 Å². The fourth-order valence-electron chi connectivity index (χ4n) is 0. The van der Waals surface area contributed by atoms with E-state index in [0.29, 0.717) is 0 Å². The van der Waals surface area contributed by atoms with E-state index >= 15 is 0 Å². The molecule has 0 aromatic heterocycles. The first-order chi connectivity index (χ1) is 0. The SMILES string of the molecule is [B-].[Li+].[Li+].[Li+]. The van der Waals surface area contributed by atoms with E-state index in [1.54, 1.807) is 0 Å². The van der Waals surface area contributed by atoms with Gasteiger partial charge in [-0.1, -0.05) is 0 Å². The molecule has 0 fully saturated rings. The Balaban J connectivity index is 0. The van der Waals surface area contributed by atoms with E-state index in [-0.39, 0.29) is 65.0 Å². The fraction of sp³-hybridized carbons (Fsp3) is 0. The molecule has 0 N–H and O–H groups in total. The zero-order valence-electron chi connectivity index (χ0n) is 3.58. The van der Waals surface area contributed by atoms with Gasteiger partial charge in [-0.25, -0.2) is 0 Å². The van der Waals surface area contributed by atoms with Gasteiger partial charge in [-0.2, -0.15) is 0 Å². The van der Waals surface area contributed by atoms with Crippen molar-refractivity contribution >= 4 is 8.41 Å². The summed E-state index contributed by atoms with van der Waals surface area (Å²) in [6.07, 6.45) is 0. The Hall–Kier alpha value is 1.86. The van der Waals surface area contributed by atoms with Gasteiger partial charge in [-0.05, 0) is 0 Å². The monoisotopic (exact) mass is 32.1 g/mol. The van der Waals surface area contributed by atoms with E-state index in [2.05, 4.69) is 0 Å². The number of hydrogen-bond acceptors (Lipinski definition) is 0. The van der Waals surface area contributed by atoms with E-state index in [1.165, 1.54) is 0 Å². The van der Waals surface area contributed by atoms with Gasteiger partial charge in [0.2, 0.25) is 0 Å². The molecule has 0 aliphatic heterocycles. The third-order valence-corrected chi connectivity index (χ3v) is 0. The molecule has 0 saturated heterocycles. The summed E-state index contributed by atoms with van der Waals surface area (Å²) in [5.74, 6) is 0. The second kappa shape index (κ2) is 21.0. The molecule has 0 unspecified atom stereocenters. The molecule has 0 aromatic rings. The maximum absolute atomic E-state index is 0. The zero-order valence-corrected chi connectivity index (χ0v) is 3.58. The van der Waals surface area contributed by atoms with Crippen LogP contribution in [0.3, 0.4) is 0 Å². The average molecular weight is 31.6 g/mol. The van der Waals surface area contributed by atoms with Crippen LogP contribution in [0.2, 0.25) is 0 Å². The second-order valence-corrected chi connectivity index (χ2v) is 0. The summed E-state index contributed by atoms with van der Waals surface area (Å²) in [5.41, 5.74) is 0. The van der Waals surface area contributed by atoms with Crippen LogP contribution < -0.4 is 56.6 Å². The van der Waals surface area contributed by atoms with Gasteiger partial charge in [0.1, 0.15) is 0 Å². The van der Waals surface area contributed by atoms with Gasteiger partial charge >= 0.3 is 56.6 Å². The maximum Gasteiger partial charge on any atom is 1.00 e. The minimum Gasteiger partial charge on any atom is -1.00 e. The summed E-state index contributed by atoms with van der Waals surface area (Å²) in [7, 11) is 0. The van der Waals surface area contributed by atoms with Crippen LogP contribution in [0.4, 0.5) is 0 Å². The maximum atomic E-state index is 0. The van der Waals surface area contributed by atoms with Crippen LogP contribution in [0.25, 0.3) is 0 Å². The summed E-state index contributed by atoms with van der Waals surface area (Å²) in [5, 5.41) is 0. The Bertz CT molecular complexity index is 3.25. The van der Waals surface area contributed by atoms with E-state index in [0.717, 1.165) is 0 Å². The molecule has 0 rings (SSSR count). The Morgan fingerprint density at radius 1 is 0.500 bits per heavy atom. The third-order valence-electron chi connectivity index (χ3n) is 0. The summed E-state index contributed by atoms with van der Waals surface area (Å²) >= 11 is 0. The van der Waals surface area contributed by atoms with Crippen molar-refractivity contribution in [1.82, 2.24) is 0 Å². The molecule has 0 aliphatic carbocycles. The smallest absolute Gasteiger partial charge is 1.00 e. The van der Waals surface area contributed by atoms with Crippen molar-refractivity contribution in [3.63, 3.8) is 0 Å². The number of rotatable bonds is 0. The van der Waals surface area contributed by atoms with Crippen molar-refractivity contribution in [3.8, 4) is 0 Å². The minimum atomic E-state index is 0. The average Bonchev–Trinajstić information content (AvgIpc) is 0. The molecule has 0 saturated carbocycles. The molecule has 0 nitrogen and oxygen atoms in total. The van der Waals surface area contributed by atoms with Crippen molar-refractivity contribution in [3.05, 3.63) is 0 Å². The Morgan fingerprint density at radius 2 is 0.500 bits per heavy atom. The molecule has 0 atom stereocenters. The van der Waals surface area contributed by atoms with Crippen molar-refractivity contribution in [2.45, 2.75) is 0 Å². The molecule has 0 spiro atoms. The van der Waals surface area contributed by atoms with Gasteiger partial charge in [0.15, 0.2) is 0 Å². The third kappa shape index (κ3) is 9.13. The molecule has 4 heavy (non-hydrogen) atoms. The van der Waals surface area contributed by atoms with Gasteiger partial charge in [0, 0.05) is 0 Å². The van der Waals surface area contributed by atoms with E-state index in [4.69, 9.17) is 0 Å². The molecule has 0 amide bonds. The molecule has 4 heteroatoms. The molecule has 0 bridgehead atoms. The van der Waals surface area contributed by atoms with Crippen LogP contribution in [0.5, 0.6) is 0 Å².